The molecule has 3 N–H and O–H groups in total. The first-order valence-electron chi connectivity index (χ1n) is 6.75. The second-order valence-corrected chi connectivity index (χ2v) is 6.19. The number of H-pyrrole nitrogens is 1. The number of amides is 1. The van der Waals surface area contributed by atoms with Crippen molar-refractivity contribution in [3.63, 3.8) is 0 Å². The van der Waals surface area contributed by atoms with Gasteiger partial charge in [0.2, 0.25) is 0 Å². The predicted molar refractivity (Wildman–Crippen MR) is 77.7 cm³/mol. The molecule has 0 aromatic carbocycles. The summed E-state index contributed by atoms with van der Waals surface area (Å²) >= 11 is 1.59. The minimum Gasteiger partial charge on any atom is -0.394 e. The van der Waals surface area contributed by atoms with Gasteiger partial charge in [-0.3, -0.25) is 9.89 Å². The van der Waals surface area contributed by atoms with Gasteiger partial charge in [-0.05, 0) is 30.4 Å². The van der Waals surface area contributed by atoms with Gasteiger partial charge in [-0.1, -0.05) is 18.9 Å². The van der Waals surface area contributed by atoms with E-state index in [1.54, 1.807) is 17.4 Å². The number of carbonyl (C=O) groups is 1. The van der Waals surface area contributed by atoms with Gasteiger partial charge in [0, 0.05) is 0 Å². The summed E-state index contributed by atoms with van der Waals surface area (Å²) in [5, 5.41) is 21.4. The molecular weight excluding hydrogens is 274 g/mol. The van der Waals surface area contributed by atoms with Crippen LogP contribution in [0.2, 0.25) is 0 Å². The molecule has 0 radical (unpaired) electrons. The number of hydrogen-bond donors (Lipinski definition) is 3. The van der Waals surface area contributed by atoms with Crippen molar-refractivity contribution in [1.82, 2.24) is 15.5 Å². The van der Waals surface area contributed by atoms with Crippen LogP contribution < -0.4 is 5.32 Å². The molecule has 2 aromatic heterocycles. The summed E-state index contributed by atoms with van der Waals surface area (Å²) < 4.78 is 0. The fraction of sp³-hybridized carbons (Fsp3) is 0.429. The Balaban J connectivity index is 1.74. The number of aromatic nitrogens is 2. The van der Waals surface area contributed by atoms with Crippen LogP contribution in [0.1, 0.15) is 36.2 Å². The maximum atomic E-state index is 12.2. The molecule has 0 aliphatic heterocycles. The molecule has 0 spiro atoms. The van der Waals surface area contributed by atoms with Crippen molar-refractivity contribution in [2.75, 3.05) is 6.61 Å². The molecular formula is C14H17N3O2S. The molecule has 0 bridgehead atoms. The van der Waals surface area contributed by atoms with Gasteiger partial charge in [-0.15, -0.1) is 11.3 Å². The Morgan fingerprint density at radius 3 is 2.95 bits per heavy atom. The molecule has 1 amide bonds. The molecule has 106 valence electrons. The second kappa shape index (κ2) is 5.38. The van der Waals surface area contributed by atoms with Gasteiger partial charge in [0.1, 0.15) is 0 Å². The lowest BCUT2D eigenvalue weighted by molar-refractivity contribution is 0.0833. The maximum absolute atomic E-state index is 12.2. The lowest BCUT2D eigenvalue weighted by Gasteiger charge is -2.27. The minimum atomic E-state index is -0.459. The highest BCUT2D eigenvalue weighted by Crippen LogP contribution is 2.29. The normalized spacial score (nSPS) is 17.2. The third-order valence-electron chi connectivity index (χ3n) is 3.84. The molecule has 1 aliphatic carbocycles. The number of nitrogens with one attached hydrogen (secondary N) is 2. The highest BCUT2D eigenvalue weighted by atomic mass is 32.1. The maximum Gasteiger partial charge on any atom is 0.272 e. The molecule has 1 fully saturated rings. The standard InChI is InChI=1S/C14H17N3O2S/c18-9-14(5-1-2-6-14)15-13(19)11-8-10(16-17-11)12-4-3-7-20-12/h3-4,7-8,18H,1-2,5-6,9H2,(H,15,19)(H,16,17). The zero-order valence-corrected chi connectivity index (χ0v) is 11.9. The Morgan fingerprint density at radius 1 is 1.50 bits per heavy atom. The second-order valence-electron chi connectivity index (χ2n) is 5.24. The van der Waals surface area contributed by atoms with E-state index in [0.717, 1.165) is 36.3 Å². The number of carbonyl (C=O) groups excluding carboxylic acids is 1. The lowest BCUT2D eigenvalue weighted by atomic mass is 9.99. The topological polar surface area (TPSA) is 78.0 Å². The SMILES string of the molecule is O=C(NC1(CO)CCCC1)c1cc(-c2cccs2)[nH]n1. The number of hydrogen-bond acceptors (Lipinski definition) is 4. The Morgan fingerprint density at radius 2 is 2.30 bits per heavy atom. The monoisotopic (exact) mass is 291 g/mol. The van der Waals surface area contributed by atoms with Gasteiger partial charge in [0.25, 0.3) is 5.91 Å². The van der Waals surface area contributed by atoms with Crippen molar-refractivity contribution < 1.29 is 9.90 Å². The van der Waals surface area contributed by atoms with Crippen molar-refractivity contribution in [2.24, 2.45) is 0 Å². The highest BCUT2D eigenvalue weighted by molar-refractivity contribution is 7.13. The van der Waals surface area contributed by atoms with E-state index in [9.17, 15) is 9.90 Å². The fourth-order valence-corrected chi connectivity index (χ4v) is 3.37. The van der Waals surface area contributed by atoms with Crippen LogP contribution in [0.15, 0.2) is 23.6 Å². The van der Waals surface area contributed by atoms with Crippen LogP contribution >= 0.6 is 11.3 Å². The van der Waals surface area contributed by atoms with Crippen LogP contribution in [0.3, 0.4) is 0 Å². The van der Waals surface area contributed by atoms with Crippen LogP contribution in [-0.2, 0) is 0 Å². The van der Waals surface area contributed by atoms with E-state index in [0.29, 0.717) is 5.69 Å². The summed E-state index contributed by atoms with van der Waals surface area (Å²) in [7, 11) is 0. The van der Waals surface area contributed by atoms with E-state index in [4.69, 9.17) is 0 Å². The molecule has 2 aromatic rings. The Labute approximate surface area is 121 Å². The molecule has 3 rings (SSSR count). The molecule has 5 nitrogen and oxygen atoms in total. The van der Waals surface area contributed by atoms with Gasteiger partial charge in [-0.2, -0.15) is 5.10 Å². The predicted octanol–water partition coefficient (Wildman–Crippen LogP) is 2.17. The average Bonchev–Trinajstić information content (AvgIpc) is 3.19. The Hall–Kier alpha value is -1.66. The first-order chi connectivity index (χ1) is 9.72. The molecule has 1 aliphatic rings. The molecule has 0 saturated heterocycles. The molecule has 20 heavy (non-hydrogen) atoms. The average molecular weight is 291 g/mol. The van der Waals surface area contributed by atoms with E-state index < -0.39 is 5.54 Å². The summed E-state index contributed by atoms with van der Waals surface area (Å²) in [4.78, 5) is 13.3. The first-order valence-corrected chi connectivity index (χ1v) is 7.63. The van der Waals surface area contributed by atoms with Crippen LogP contribution in [0, 0.1) is 0 Å². The number of aromatic amines is 1. The number of aliphatic hydroxyl groups is 1. The lowest BCUT2D eigenvalue weighted by Crippen LogP contribution is -2.49. The van der Waals surface area contributed by atoms with Crippen molar-refractivity contribution >= 4 is 17.2 Å². The first kappa shape index (κ1) is 13.3. The van der Waals surface area contributed by atoms with E-state index >= 15 is 0 Å². The quantitative estimate of drug-likeness (QED) is 0.808. The van der Waals surface area contributed by atoms with Gasteiger partial charge in [0.15, 0.2) is 5.69 Å². The smallest absolute Gasteiger partial charge is 0.272 e. The number of rotatable bonds is 4. The highest BCUT2D eigenvalue weighted by Gasteiger charge is 2.35. The zero-order valence-electron chi connectivity index (χ0n) is 11.1. The number of thiophene rings is 1. The Bertz CT molecular complexity index is 585. The summed E-state index contributed by atoms with van der Waals surface area (Å²) in [6.07, 6.45) is 3.75. The summed E-state index contributed by atoms with van der Waals surface area (Å²) in [5.74, 6) is -0.222. The van der Waals surface area contributed by atoms with E-state index in [-0.39, 0.29) is 12.5 Å². The van der Waals surface area contributed by atoms with Crippen LogP contribution in [0.25, 0.3) is 10.6 Å². The van der Waals surface area contributed by atoms with Gasteiger partial charge >= 0.3 is 0 Å². The summed E-state index contributed by atoms with van der Waals surface area (Å²) in [5.41, 5.74) is 0.752. The van der Waals surface area contributed by atoms with Gasteiger partial charge < -0.3 is 10.4 Å². The third kappa shape index (κ3) is 2.48. The van der Waals surface area contributed by atoms with Crippen molar-refractivity contribution in [1.29, 1.82) is 0 Å². The number of nitrogens with zero attached hydrogens (tertiary/aromatic N) is 1. The molecule has 6 heteroatoms. The summed E-state index contributed by atoms with van der Waals surface area (Å²) in [6, 6.07) is 5.69. The van der Waals surface area contributed by atoms with Crippen molar-refractivity contribution in [3.8, 4) is 10.6 Å². The van der Waals surface area contributed by atoms with E-state index in [2.05, 4.69) is 15.5 Å². The Kier molecular flexibility index (Phi) is 3.58. The largest absolute Gasteiger partial charge is 0.394 e. The van der Waals surface area contributed by atoms with Crippen LogP contribution in [0.4, 0.5) is 0 Å². The van der Waals surface area contributed by atoms with Gasteiger partial charge in [0.05, 0.1) is 22.7 Å². The summed E-state index contributed by atoms with van der Waals surface area (Å²) in [6.45, 7) is -0.0130. The molecule has 0 unspecified atom stereocenters. The van der Waals surface area contributed by atoms with E-state index in [1.807, 2.05) is 17.5 Å². The minimum absolute atomic E-state index is 0.0130. The van der Waals surface area contributed by atoms with Crippen LogP contribution in [0.5, 0.6) is 0 Å². The zero-order chi connectivity index (χ0) is 14.0. The molecule has 0 atom stereocenters. The van der Waals surface area contributed by atoms with Crippen LogP contribution in [-0.4, -0.2) is 33.4 Å². The van der Waals surface area contributed by atoms with Crippen molar-refractivity contribution in [2.45, 2.75) is 31.2 Å². The van der Waals surface area contributed by atoms with Gasteiger partial charge in [-0.25, -0.2) is 0 Å². The fourth-order valence-electron chi connectivity index (χ4n) is 2.68. The number of aliphatic hydroxyl groups excluding tert-OH is 1. The van der Waals surface area contributed by atoms with Crippen molar-refractivity contribution in [3.05, 3.63) is 29.3 Å². The molecule has 2 heterocycles. The van der Waals surface area contributed by atoms with E-state index in [1.165, 1.54) is 0 Å². The third-order valence-corrected chi connectivity index (χ3v) is 4.74. The molecule has 1 saturated carbocycles.